The first kappa shape index (κ1) is 23.0. The van der Waals surface area contributed by atoms with Gasteiger partial charge >= 0.3 is 5.97 Å². The third-order valence-corrected chi connectivity index (χ3v) is 6.18. The van der Waals surface area contributed by atoms with E-state index in [-0.39, 0.29) is 17.0 Å². The molecule has 6 heteroatoms. The van der Waals surface area contributed by atoms with Crippen LogP contribution in [0, 0.1) is 29.2 Å². The van der Waals surface area contributed by atoms with E-state index in [1.165, 1.54) is 12.1 Å². The second-order valence-electron chi connectivity index (χ2n) is 8.17. The van der Waals surface area contributed by atoms with E-state index in [0.717, 1.165) is 57.1 Å². The van der Waals surface area contributed by atoms with Gasteiger partial charge in [0.25, 0.3) is 0 Å². The van der Waals surface area contributed by atoms with Crippen LogP contribution in [0.25, 0.3) is 11.1 Å². The number of benzene rings is 2. The molecule has 1 aliphatic rings. The summed E-state index contributed by atoms with van der Waals surface area (Å²) in [5.41, 5.74) is -0.420. The third-order valence-electron chi connectivity index (χ3n) is 6.18. The molecule has 0 aromatic heterocycles. The zero-order valence-corrected chi connectivity index (χ0v) is 17.4. The van der Waals surface area contributed by atoms with Crippen LogP contribution in [-0.2, 0) is 0 Å². The zero-order valence-electron chi connectivity index (χ0n) is 17.4. The molecule has 0 bridgehead atoms. The van der Waals surface area contributed by atoms with Gasteiger partial charge in [-0.1, -0.05) is 24.6 Å². The Morgan fingerprint density at radius 1 is 1.03 bits per heavy atom. The van der Waals surface area contributed by atoms with Crippen molar-refractivity contribution < 1.29 is 27.5 Å². The van der Waals surface area contributed by atoms with Crippen molar-refractivity contribution in [1.29, 1.82) is 0 Å². The quantitative estimate of drug-likeness (QED) is 0.211. The number of carbonyl (C=O) groups is 1. The summed E-state index contributed by atoms with van der Waals surface area (Å²) in [4.78, 5) is 11.4. The molecule has 0 atom stereocenters. The van der Waals surface area contributed by atoms with Crippen molar-refractivity contribution in [2.24, 2.45) is 5.92 Å². The summed E-state index contributed by atoms with van der Waals surface area (Å²) in [5, 5.41) is 9.29. The lowest BCUT2D eigenvalue weighted by molar-refractivity contribution is 0.0692. The van der Waals surface area contributed by atoms with Gasteiger partial charge in [-0.2, -0.15) is 0 Å². The fourth-order valence-electron chi connectivity index (χ4n) is 4.54. The lowest BCUT2D eigenvalue weighted by Crippen LogP contribution is -2.15. The molecule has 1 saturated carbocycles. The number of halogens is 4. The molecule has 0 spiro atoms. The minimum Gasteiger partial charge on any atom is -0.478 e. The molecule has 0 heterocycles. The van der Waals surface area contributed by atoms with Crippen LogP contribution in [0.15, 0.2) is 36.4 Å². The first-order valence-corrected chi connectivity index (χ1v) is 10.6. The summed E-state index contributed by atoms with van der Waals surface area (Å²) >= 11 is 0. The molecule has 2 aromatic rings. The Bertz CT molecular complexity index is 953. The molecule has 1 fully saturated rings. The van der Waals surface area contributed by atoms with E-state index < -0.39 is 34.8 Å². The van der Waals surface area contributed by atoms with E-state index in [1.807, 2.05) is 13.0 Å². The van der Waals surface area contributed by atoms with Crippen molar-refractivity contribution in [1.82, 2.24) is 0 Å². The Morgan fingerprint density at radius 2 is 1.68 bits per heavy atom. The van der Waals surface area contributed by atoms with Crippen LogP contribution in [0.4, 0.5) is 17.6 Å². The van der Waals surface area contributed by atoms with Gasteiger partial charge in [0.2, 0.25) is 0 Å². The number of unbranched alkanes of at least 4 members (excludes halogenated alkanes) is 1. The van der Waals surface area contributed by atoms with Crippen LogP contribution in [0.5, 0.6) is 0 Å². The Balaban J connectivity index is 1.91. The molecule has 0 aliphatic heterocycles. The largest absolute Gasteiger partial charge is 0.478 e. The second kappa shape index (κ2) is 10.1. The van der Waals surface area contributed by atoms with Crippen LogP contribution in [0.3, 0.4) is 0 Å². The molecule has 0 saturated heterocycles. The fraction of sp³-hybridized carbons (Fsp3) is 0.400. The molecule has 166 valence electrons. The van der Waals surface area contributed by atoms with Crippen molar-refractivity contribution in [2.45, 2.75) is 57.8 Å². The number of hydrogen-bond acceptors (Lipinski definition) is 1. The predicted molar refractivity (Wildman–Crippen MR) is 112 cm³/mol. The van der Waals surface area contributed by atoms with Crippen molar-refractivity contribution in [2.75, 3.05) is 0 Å². The molecular weight excluding hydrogens is 408 g/mol. The van der Waals surface area contributed by atoms with E-state index in [9.17, 15) is 23.1 Å². The molecule has 0 unspecified atom stereocenters. The number of aromatic carboxylic acids is 1. The molecule has 31 heavy (non-hydrogen) atoms. The van der Waals surface area contributed by atoms with Crippen LogP contribution in [0.2, 0.25) is 0 Å². The van der Waals surface area contributed by atoms with E-state index >= 15 is 4.39 Å². The van der Waals surface area contributed by atoms with Gasteiger partial charge < -0.3 is 5.11 Å². The van der Waals surface area contributed by atoms with Crippen LogP contribution < -0.4 is 0 Å². The highest BCUT2D eigenvalue weighted by Gasteiger charge is 2.28. The Hall–Kier alpha value is -2.63. The average Bonchev–Trinajstić information content (AvgIpc) is 2.74. The fourth-order valence-corrected chi connectivity index (χ4v) is 4.54. The first-order valence-electron chi connectivity index (χ1n) is 10.6. The first-order chi connectivity index (χ1) is 14.8. The third kappa shape index (κ3) is 5.17. The second-order valence-corrected chi connectivity index (χ2v) is 8.17. The summed E-state index contributed by atoms with van der Waals surface area (Å²) in [7, 11) is 0. The van der Waals surface area contributed by atoms with Crippen LogP contribution >= 0.6 is 0 Å². The normalized spacial score (nSPS) is 19.1. The monoisotopic (exact) mass is 434 g/mol. The molecule has 0 radical (unpaired) electrons. The lowest BCUT2D eigenvalue weighted by Gasteiger charge is -2.30. The highest BCUT2D eigenvalue weighted by molar-refractivity contribution is 5.90. The van der Waals surface area contributed by atoms with Crippen molar-refractivity contribution in [3.63, 3.8) is 0 Å². The van der Waals surface area contributed by atoms with Crippen LogP contribution in [-0.4, -0.2) is 11.1 Å². The lowest BCUT2D eigenvalue weighted by atomic mass is 9.75. The number of carboxylic acid groups (broad SMARTS) is 1. The average molecular weight is 434 g/mol. The highest BCUT2D eigenvalue weighted by atomic mass is 19.2. The standard InChI is InChI=1S/C25H26F4O2/c1-2-3-4-5-6-15-7-9-16(10-8-15)18-11-12-19(25(30)31)23(28)22(18)17-13-20(26)24(29)21(27)14-17/h2-3,11-16H,4-10H2,1H3,(H,30,31)/b3-2+/t15-,16-. The van der Waals surface area contributed by atoms with Gasteiger partial charge in [0.05, 0.1) is 5.56 Å². The van der Waals surface area contributed by atoms with E-state index in [0.29, 0.717) is 11.5 Å². The minimum atomic E-state index is -1.64. The predicted octanol–water partition coefficient (Wildman–Crippen LogP) is 7.63. The summed E-state index contributed by atoms with van der Waals surface area (Å²) in [5.74, 6) is -6.53. The van der Waals surface area contributed by atoms with E-state index in [4.69, 9.17) is 0 Å². The van der Waals surface area contributed by atoms with Gasteiger partial charge in [-0.25, -0.2) is 22.4 Å². The maximum atomic E-state index is 15.2. The van der Waals surface area contributed by atoms with Crippen molar-refractivity contribution >= 4 is 5.97 Å². The van der Waals surface area contributed by atoms with Gasteiger partial charge in [0.15, 0.2) is 17.5 Å². The molecule has 2 aromatic carbocycles. The van der Waals surface area contributed by atoms with Gasteiger partial charge in [-0.3, -0.25) is 0 Å². The molecule has 1 N–H and O–H groups in total. The smallest absolute Gasteiger partial charge is 0.338 e. The van der Waals surface area contributed by atoms with Gasteiger partial charge in [-0.05, 0) is 86.6 Å². The SMILES string of the molecule is C/C=C/CCC[C@H]1CC[C@H](c2ccc(C(=O)O)c(F)c2-c2cc(F)c(F)c(F)c2)CC1. The van der Waals surface area contributed by atoms with Crippen molar-refractivity contribution in [3.8, 4) is 11.1 Å². The van der Waals surface area contributed by atoms with E-state index in [1.54, 1.807) is 0 Å². The summed E-state index contributed by atoms with van der Waals surface area (Å²) in [6.07, 6.45) is 10.9. The summed E-state index contributed by atoms with van der Waals surface area (Å²) in [6, 6.07) is 4.16. The number of rotatable bonds is 7. The maximum absolute atomic E-state index is 15.2. The topological polar surface area (TPSA) is 37.3 Å². The Kier molecular flexibility index (Phi) is 7.52. The molecular formula is C25H26F4O2. The Labute approximate surface area is 179 Å². The zero-order chi connectivity index (χ0) is 22.5. The minimum absolute atomic E-state index is 0.0599. The van der Waals surface area contributed by atoms with Gasteiger partial charge in [0.1, 0.15) is 5.82 Å². The molecule has 3 rings (SSSR count). The molecule has 0 amide bonds. The van der Waals surface area contributed by atoms with Gasteiger partial charge in [-0.15, -0.1) is 0 Å². The maximum Gasteiger partial charge on any atom is 0.338 e. The molecule has 2 nitrogen and oxygen atoms in total. The molecule has 1 aliphatic carbocycles. The number of hydrogen-bond donors (Lipinski definition) is 1. The highest BCUT2D eigenvalue weighted by Crippen LogP contribution is 2.43. The Morgan fingerprint density at radius 3 is 2.26 bits per heavy atom. The van der Waals surface area contributed by atoms with Crippen LogP contribution in [0.1, 0.15) is 73.7 Å². The van der Waals surface area contributed by atoms with E-state index in [2.05, 4.69) is 6.08 Å². The number of carboxylic acids is 1. The summed E-state index contributed by atoms with van der Waals surface area (Å²) in [6.45, 7) is 2.00. The summed E-state index contributed by atoms with van der Waals surface area (Å²) < 4.78 is 56.3. The van der Waals surface area contributed by atoms with Crippen molar-refractivity contribution in [3.05, 3.63) is 70.8 Å². The number of allylic oxidation sites excluding steroid dienone is 2. The van der Waals surface area contributed by atoms with Gasteiger partial charge in [0, 0.05) is 5.56 Å².